The van der Waals surface area contributed by atoms with E-state index in [1.54, 1.807) is 24.3 Å². The van der Waals surface area contributed by atoms with Crippen LogP contribution in [0.15, 0.2) is 48.5 Å². The molecular formula is C27H31F3O5. The van der Waals surface area contributed by atoms with Crippen molar-refractivity contribution in [1.82, 2.24) is 0 Å². The molecule has 2 aromatic carbocycles. The average Bonchev–Trinajstić information content (AvgIpc) is 3.62. The summed E-state index contributed by atoms with van der Waals surface area (Å²) in [4.78, 5) is 12.2. The van der Waals surface area contributed by atoms with Crippen LogP contribution < -0.4 is 9.47 Å². The van der Waals surface area contributed by atoms with Crippen LogP contribution in [0.5, 0.6) is 11.5 Å². The summed E-state index contributed by atoms with van der Waals surface area (Å²) in [6.07, 6.45) is 4.32. The van der Waals surface area contributed by atoms with Crippen LogP contribution in [0.25, 0.3) is 0 Å². The van der Waals surface area contributed by atoms with Crippen molar-refractivity contribution >= 4 is 5.97 Å². The molecule has 1 saturated carbocycles. The third-order valence-corrected chi connectivity index (χ3v) is 6.40. The molecule has 5 nitrogen and oxygen atoms in total. The van der Waals surface area contributed by atoms with Crippen molar-refractivity contribution < 1.29 is 36.9 Å². The first-order valence-corrected chi connectivity index (χ1v) is 12.2. The Morgan fingerprint density at radius 1 is 0.857 bits per heavy atom. The van der Waals surface area contributed by atoms with Gasteiger partial charge in [-0.25, -0.2) is 4.79 Å². The van der Waals surface area contributed by atoms with Gasteiger partial charge in [-0.3, -0.25) is 0 Å². The molecule has 1 heterocycles. The Hall–Kier alpha value is -2.58. The molecule has 1 saturated heterocycles. The van der Waals surface area contributed by atoms with E-state index in [9.17, 15) is 18.0 Å². The number of fused-ring (bicyclic) bond motifs is 1. The molecule has 2 aromatic rings. The van der Waals surface area contributed by atoms with Gasteiger partial charge in [-0.1, -0.05) is 6.42 Å². The lowest BCUT2D eigenvalue weighted by atomic mass is 9.90. The number of ether oxygens (including phenoxy) is 4. The van der Waals surface area contributed by atoms with E-state index in [1.807, 2.05) is 0 Å². The first-order valence-electron chi connectivity index (χ1n) is 12.2. The summed E-state index contributed by atoms with van der Waals surface area (Å²) >= 11 is 0. The van der Waals surface area contributed by atoms with Crippen LogP contribution in [0.4, 0.5) is 13.2 Å². The van der Waals surface area contributed by atoms with E-state index >= 15 is 0 Å². The van der Waals surface area contributed by atoms with Gasteiger partial charge in [-0.05, 0) is 93.0 Å². The number of hydrogen-bond donors (Lipinski definition) is 0. The monoisotopic (exact) mass is 492 g/mol. The number of esters is 1. The largest absolute Gasteiger partial charge is 0.494 e. The van der Waals surface area contributed by atoms with Crippen LogP contribution in [0.2, 0.25) is 0 Å². The van der Waals surface area contributed by atoms with Gasteiger partial charge >= 0.3 is 12.1 Å². The smallest absolute Gasteiger partial charge is 0.416 e. The van der Waals surface area contributed by atoms with Gasteiger partial charge in [0.2, 0.25) is 0 Å². The molecule has 3 atom stereocenters. The molecule has 0 spiro atoms. The molecule has 0 bridgehead atoms. The van der Waals surface area contributed by atoms with E-state index in [1.165, 1.54) is 12.8 Å². The minimum absolute atomic E-state index is 0.0497. The van der Waals surface area contributed by atoms with Crippen molar-refractivity contribution in [2.24, 2.45) is 5.92 Å². The van der Waals surface area contributed by atoms with Crippen LogP contribution in [0.3, 0.4) is 0 Å². The van der Waals surface area contributed by atoms with Crippen molar-refractivity contribution in [3.05, 3.63) is 59.7 Å². The standard InChI is InChI=1S/C27H31F3O5/c28-27(29,30)21-8-12-23(13-9-21)34-26(31)20-6-10-22(11-7-20)33-16-4-2-1-3-15-32-18-19-5-14-24-25(17-19)35-24/h6-13,19,24-25H,1-5,14-18H2. The first kappa shape index (κ1) is 25.5. The normalized spacial score (nSPS) is 21.3. The number of epoxide rings is 1. The molecule has 1 aliphatic heterocycles. The first-order chi connectivity index (χ1) is 16.9. The maximum atomic E-state index is 12.6. The average molecular weight is 493 g/mol. The van der Waals surface area contributed by atoms with Crippen LogP contribution in [0, 0.1) is 5.92 Å². The molecule has 3 unspecified atom stereocenters. The van der Waals surface area contributed by atoms with E-state index in [0.717, 1.165) is 69.6 Å². The Morgan fingerprint density at radius 2 is 1.54 bits per heavy atom. The van der Waals surface area contributed by atoms with Gasteiger partial charge in [-0.2, -0.15) is 13.2 Å². The second kappa shape index (κ2) is 11.9. The molecule has 4 rings (SSSR count). The van der Waals surface area contributed by atoms with Crippen LogP contribution in [0.1, 0.15) is 60.9 Å². The SMILES string of the molecule is O=C(Oc1ccc(C(F)(F)F)cc1)c1ccc(OCCCCCCOCC2CCC3OC3C2)cc1. The number of carbonyl (C=O) groups is 1. The molecule has 8 heteroatoms. The number of rotatable bonds is 12. The second-order valence-electron chi connectivity index (χ2n) is 9.17. The Morgan fingerprint density at radius 3 is 2.23 bits per heavy atom. The zero-order valence-electron chi connectivity index (χ0n) is 19.6. The molecule has 0 N–H and O–H groups in total. The van der Waals surface area contributed by atoms with Crippen LogP contribution in [-0.4, -0.2) is 38.0 Å². The fourth-order valence-electron chi connectivity index (χ4n) is 4.30. The summed E-state index contributed by atoms with van der Waals surface area (Å²) in [7, 11) is 0. The van der Waals surface area contributed by atoms with E-state index < -0.39 is 17.7 Å². The van der Waals surface area contributed by atoms with Gasteiger partial charge in [0.05, 0.1) is 29.9 Å². The molecule has 0 aromatic heterocycles. The number of hydrogen-bond acceptors (Lipinski definition) is 5. The van der Waals surface area contributed by atoms with Gasteiger partial charge in [-0.15, -0.1) is 0 Å². The van der Waals surface area contributed by atoms with Crippen LogP contribution in [-0.2, 0) is 15.7 Å². The number of alkyl halides is 3. The summed E-state index contributed by atoms with van der Waals surface area (Å²) < 4.78 is 60.1. The molecular weight excluding hydrogens is 461 g/mol. The predicted molar refractivity (Wildman–Crippen MR) is 124 cm³/mol. The van der Waals surface area contributed by atoms with Gasteiger partial charge in [0.1, 0.15) is 11.5 Å². The summed E-state index contributed by atoms with van der Waals surface area (Å²) in [5, 5.41) is 0. The Labute approximate surface area is 203 Å². The summed E-state index contributed by atoms with van der Waals surface area (Å²) in [6.45, 7) is 2.24. The van der Waals surface area contributed by atoms with Gasteiger partial charge in [0.25, 0.3) is 0 Å². The highest BCUT2D eigenvalue weighted by Gasteiger charge is 2.43. The molecule has 2 aliphatic rings. The summed E-state index contributed by atoms with van der Waals surface area (Å²) in [5.41, 5.74) is -0.510. The quantitative estimate of drug-likeness (QED) is 0.148. The number of halogens is 3. The fraction of sp³-hybridized carbons (Fsp3) is 0.519. The minimum atomic E-state index is -4.43. The molecule has 35 heavy (non-hydrogen) atoms. The van der Waals surface area contributed by atoms with Crippen LogP contribution >= 0.6 is 0 Å². The van der Waals surface area contributed by atoms with Crippen molar-refractivity contribution in [2.75, 3.05) is 19.8 Å². The fourth-order valence-corrected chi connectivity index (χ4v) is 4.30. The predicted octanol–water partition coefficient (Wildman–Crippen LogP) is 6.45. The highest BCUT2D eigenvalue weighted by Crippen LogP contribution is 2.39. The molecule has 0 radical (unpaired) electrons. The lowest BCUT2D eigenvalue weighted by molar-refractivity contribution is -0.137. The van der Waals surface area contributed by atoms with Gasteiger partial charge in [0, 0.05) is 13.2 Å². The highest BCUT2D eigenvalue weighted by molar-refractivity contribution is 5.91. The Balaban J connectivity index is 1.05. The molecule has 190 valence electrons. The topological polar surface area (TPSA) is 57.3 Å². The Kier molecular flexibility index (Phi) is 8.68. The summed E-state index contributed by atoms with van der Waals surface area (Å²) in [5.74, 6) is 0.708. The number of benzene rings is 2. The maximum absolute atomic E-state index is 12.6. The van der Waals surface area contributed by atoms with E-state index in [0.29, 0.717) is 30.5 Å². The third-order valence-electron chi connectivity index (χ3n) is 6.40. The van der Waals surface area contributed by atoms with Crippen molar-refractivity contribution in [3.63, 3.8) is 0 Å². The zero-order chi connectivity index (χ0) is 24.7. The van der Waals surface area contributed by atoms with E-state index in [4.69, 9.17) is 18.9 Å². The second-order valence-corrected chi connectivity index (χ2v) is 9.17. The van der Waals surface area contributed by atoms with Gasteiger partial charge in [0.15, 0.2) is 0 Å². The lowest BCUT2D eigenvalue weighted by Crippen LogP contribution is -2.18. The van der Waals surface area contributed by atoms with E-state index in [-0.39, 0.29) is 11.3 Å². The highest BCUT2D eigenvalue weighted by atomic mass is 19.4. The van der Waals surface area contributed by atoms with Crippen molar-refractivity contribution in [2.45, 2.75) is 63.3 Å². The third kappa shape index (κ3) is 7.97. The number of unbranched alkanes of at least 4 members (excludes halogenated alkanes) is 3. The number of carbonyl (C=O) groups excluding carboxylic acids is 1. The summed E-state index contributed by atoms with van der Waals surface area (Å²) in [6, 6.07) is 10.5. The minimum Gasteiger partial charge on any atom is -0.494 e. The zero-order valence-corrected chi connectivity index (χ0v) is 19.6. The molecule has 1 aliphatic carbocycles. The Bertz CT molecular complexity index is 943. The van der Waals surface area contributed by atoms with Crippen molar-refractivity contribution in [1.29, 1.82) is 0 Å². The van der Waals surface area contributed by atoms with Crippen molar-refractivity contribution in [3.8, 4) is 11.5 Å². The lowest BCUT2D eigenvalue weighted by Gasteiger charge is -2.18. The molecule has 2 fully saturated rings. The van der Waals surface area contributed by atoms with Gasteiger partial charge < -0.3 is 18.9 Å². The van der Waals surface area contributed by atoms with E-state index in [2.05, 4.69) is 0 Å². The molecule has 0 amide bonds. The maximum Gasteiger partial charge on any atom is 0.416 e.